The van der Waals surface area contributed by atoms with E-state index in [-0.39, 0.29) is 6.85 Å². The lowest BCUT2D eigenvalue weighted by atomic mass is 9.49. The lowest BCUT2D eigenvalue weighted by Gasteiger charge is -2.33. The highest BCUT2D eigenvalue weighted by atomic mass is 32.2. The van der Waals surface area contributed by atoms with Gasteiger partial charge in [-0.2, -0.15) is 0 Å². The van der Waals surface area contributed by atoms with Gasteiger partial charge in [-0.15, -0.1) is 0 Å². The first-order valence-corrected chi connectivity index (χ1v) is 10.8. The van der Waals surface area contributed by atoms with Crippen molar-refractivity contribution in [2.75, 3.05) is 0 Å². The van der Waals surface area contributed by atoms with Gasteiger partial charge in [0.05, 0.1) is 11.0 Å². The van der Waals surface area contributed by atoms with Gasteiger partial charge >= 0.3 is 6.85 Å². The number of imidazole rings is 1. The normalized spacial score (nSPS) is 14.1. The van der Waals surface area contributed by atoms with E-state index in [0.717, 1.165) is 10.7 Å². The summed E-state index contributed by atoms with van der Waals surface area (Å²) >= 11 is 3.73. The number of nitrogens with zero attached hydrogens (tertiary/aromatic N) is 2. The van der Waals surface area contributed by atoms with Gasteiger partial charge in [-0.05, 0) is 67.1 Å². The fourth-order valence-electron chi connectivity index (χ4n) is 4.32. The summed E-state index contributed by atoms with van der Waals surface area (Å²) in [6.45, 7) is 6.73. The van der Waals surface area contributed by atoms with E-state index >= 15 is 0 Å². The van der Waals surface area contributed by atoms with Gasteiger partial charge in [-0.3, -0.25) is 0 Å². The van der Waals surface area contributed by atoms with Crippen LogP contribution in [0.15, 0.2) is 68.4 Å². The lowest BCUT2D eigenvalue weighted by molar-refractivity contribution is 0.977. The van der Waals surface area contributed by atoms with Crippen LogP contribution < -0.4 is 10.9 Å². The Kier molecular flexibility index (Phi) is 3.22. The largest absolute Gasteiger partial charge is 0.354 e. The first kappa shape index (κ1) is 15.9. The van der Waals surface area contributed by atoms with Crippen LogP contribution in [0.3, 0.4) is 0 Å². The third kappa shape index (κ3) is 2.16. The molecule has 5 heteroatoms. The van der Waals surface area contributed by atoms with Gasteiger partial charge in [-0.1, -0.05) is 53.4 Å². The molecule has 3 aromatic carbocycles. The molecule has 0 atom stereocenters. The van der Waals surface area contributed by atoms with Crippen molar-refractivity contribution in [3.05, 3.63) is 65.2 Å². The van der Waals surface area contributed by atoms with Crippen molar-refractivity contribution < 1.29 is 0 Å². The molecule has 6 rings (SSSR count). The monoisotopic (exact) mass is 384 g/mol. The van der Waals surface area contributed by atoms with E-state index in [1.54, 1.807) is 0 Å². The number of fused-ring (bicyclic) bond motifs is 6. The number of benzene rings is 3. The van der Waals surface area contributed by atoms with Crippen LogP contribution in [0.2, 0.25) is 0 Å². The molecular weight excluding hydrogens is 367 g/mol. The second kappa shape index (κ2) is 5.46. The Labute approximate surface area is 167 Å². The highest BCUT2D eigenvalue weighted by Crippen LogP contribution is 2.41. The molecule has 2 aliphatic rings. The maximum Gasteiger partial charge on any atom is 0.333 e. The summed E-state index contributed by atoms with van der Waals surface area (Å²) in [6.07, 6.45) is 0. The molecule has 0 aliphatic carbocycles. The number of hydrogen-bond donors (Lipinski definition) is 0. The Morgan fingerprint density at radius 1 is 0.852 bits per heavy atom. The lowest BCUT2D eigenvalue weighted by Crippen LogP contribution is -2.54. The van der Waals surface area contributed by atoms with Crippen LogP contribution in [-0.2, 0) is 0 Å². The van der Waals surface area contributed by atoms with Crippen molar-refractivity contribution in [1.29, 1.82) is 0 Å². The zero-order valence-electron chi connectivity index (χ0n) is 15.4. The minimum atomic E-state index is 0.204. The predicted octanol–water partition coefficient (Wildman–Crippen LogP) is 4.54. The summed E-state index contributed by atoms with van der Waals surface area (Å²) < 4.78 is 2.46. The van der Waals surface area contributed by atoms with Gasteiger partial charge in [0, 0.05) is 14.7 Å². The van der Waals surface area contributed by atoms with Crippen molar-refractivity contribution in [1.82, 2.24) is 9.46 Å². The molecule has 2 nitrogen and oxygen atoms in total. The van der Waals surface area contributed by atoms with Crippen LogP contribution >= 0.6 is 23.5 Å². The molecule has 0 radical (unpaired) electrons. The molecule has 0 saturated heterocycles. The zero-order chi connectivity index (χ0) is 18.3. The molecule has 4 aromatic rings. The summed E-state index contributed by atoms with van der Waals surface area (Å²) in [4.78, 5) is 9.16. The van der Waals surface area contributed by atoms with Crippen LogP contribution in [0, 0.1) is 20.8 Å². The molecule has 3 heterocycles. The first-order valence-electron chi connectivity index (χ1n) is 9.18. The van der Waals surface area contributed by atoms with E-state index in [2.05, 4.69) is 73.8 Å². The Hall–Kier alpha value is -2.11. The second-order valence-corrected chi connectivity index (χ2v) is 9.62. The van der Waals surface area contributed by atoms with E-state index in [4.69, 9.17) is 4.98 Å². The fraction of sp³-hybridized carbons (Fsp3) is 0.136. The summed E-state index contributed by atoms with van der Waals surface area (Å²) in [5.74, 6) is 0. The van der Waals surface area contributed by atoms with Gasteiger partial charge in [0.15, 0.2) is 5.16 Å². The summed E-state index contributed by atoms with van der Waals surface area (Å²) in [5.41, 5.74) is 9.07. The third-order valence-electron chi connectivity index (χ3n) is 5.55. The second-order valence-electron chi connectivity index (χ2n) is 7.53. The summed E-state index contributed by atoms with van der Waals surface area (Å²) in [7, 11) is 0. The molecule has 130 valence electrons. The Balaban J connectivity index is 1.74. The maximum atomic E-state index is 5.04. The minimum absolute atomic E-state index is 0.204. The molecule has 27 heavy (non-hydrogen) atoms. The van der Waals surface area contributed by atoms with Crippen molar-refractivity contribution in [3.8, 4) is 0 Å². The third-order valence-corrected chi connectivity index (χ3v) is 7.71. The van der Waals surface area contributed by atoms with Crippen LogP contribution in [0.4, 0.5) is 0 Å². The minimum Gasteiger partial charge on any atom is -0.354 e. The fourth-order valence-corrected chi connectivity index (χ4v) is 6.96. The van der Waals surface area contributed by atoms with Crippen molar-refractivity contribution in [2.24, 2.45) is 0 Å². The van der Waals surface area contributed by atoms with Gasteiger partial charge in [0.1, 0.15) is 0 Å². The summed E-state index contributed by atoms with van der Waals surface area (Å²) in [5, 5.41) is 1.10. The van der Waals surface area contributed by atoms with E-state index in [0.29, 0.717) is 0 Å². The summed E-state index contributed by atoms with van der Waals surface area (Å²) in [6, 6.07) is 18.1. The standard InChI is InChI=1S/C22H17BN2S2/c1-12-7-8-15-17(9-12)26-18-10-13(2)11-19-20(18)23(15)25-16-6-4-5-14(3)21(16)24-22(25)27-19/h4-11H,1-3H3. The van der Waals surface area contributed by atoms with Gasteiger partial charge < -0.3 is 4.48 Å². The van der Waals surface area contributed by atoms with Crippen molar-refractivity contribution in [3.63, 3.8) is 0 Å². The van der Waals surface area contributed by atoms with Crippen LogP contribution in [0.25, 0.3) is 11.0 Å². The van der Waals surface area contributed by atoms with Crippen LogP contribution in [-0.4, -0.2) is 16.3 Å². The highest BCUT2D eigenvalue weighted by Gasteiger charge is 2.40. The Bertz CT molecular complexity index is 1280. The van der Waals surface area contributed by atoms with E-state index in [1.165, 1.54) is 47.8 Å². The average molecular weight is 384 g/mol. The van der Waals surface area contributed by atoms with Crippen molar-refractivity contribution >= 4 is 52.3 Å². The molecule has 0 bridgehead atoms. The molecule has 0 amide bonds. The predicted molar refractivity (Wildman–Crippen MR) is 115 cm³/mol. The topological polar surface area (TPSA) is 17.8 Å². The molecule has 0 spiro atoms. The van der Waals surface area contributed by atoms with E-state index in [9.17, 15) is 0 Å². The maximum absolute atomic E-state index is 5.04. The Morgan fingerprint density at radius 2 is 1.63 bits per heavy atom. The van der Waals surface area contributed by atoms with E-state index in [1.807, 2.05) is 23.5 Å². The zero-order valence-corrected chi connectivity index (χ0v) is 17.0. The number of aryl methyl sites for hydroxylation is 3. The van der Waals surface area contributed by atoms with Crippen molar-refractivity contribution in [2.45, 2.75) is 40.6 Å². The number of hydrogen-bond acceptors (Lipinski definition) is 3. The SMILES string of the molecule is Cc1ccc2c(c1)Sc1cc(C)cc3c1B2n1c(nc2c(C)cccc21)S3. The smallest absolute Gasteiger partial charge is 0.333 e. The highest BCUT2D eigenvalue weighted by molar-refractivity contribution is 8.01. The average Bonchev–Trinajstić information content (AvgIpc) is 3.00. The molecule has 0 N–H and O–H groups in total. The molecule has 1 aromatic heterocycles. The van der Waals surface area contributed by atoms with Gasteiger partial charge in [0.25, 0.3) is 0 Å². The van der Waals surface area contributed by atoms with Gasteiger partial charge in [0.2, 0.25) is 0 Å². The van der Waals surface area contributed by atoms with Gasteiger partial charge in [-0.25, -0.2) is 4.98 Å². The first-order chi connectivity index (χ1) is 13.1. The molecule has 2 aliphatic heterocycles. The molecular formula is C22H17BN2S2. The van der Waals surface area contributed by atoms with Crippen LogP contribution in [0.1, 0.15) is 16.7 Å². The number of rotatable bonds is 0. The Morgan fingerprint density at radius 3 is 2.48 bits per heavy atom. The number of aromatic nitrogens is 2. The van der Waals surface area contributed by atoms with Crippen LogP contribution in [0.5, 0.6) is 0 Å². The number of para-hydroxylation sites is 1. The molecule has 0 saturated carbocycles. The molecule has 0 fully saturated rings. The molecule has 0 unspecified atom stereocenters. The van der Waals surface area contributed by atoms with E-state index < -0.39 is 0 Å². The quantitative estimate of drug-likeness (QED) is 0.358.